The molecule has 1 fully saturated rings. The summed E-state index contributed by atoms with van der Waals surface area (Å²) in [6, 6.07) is 8.54. The summed E-state index contributed by atoms with van der Waals surface area (Å²) in [5, 5.41) is 13.2. The van der Waals surface area contributed by atoms with Gasteiger partial charge in [0.05, 0.1) is 12.1 Å². The Morgan fingerprint density at radius 2 is 1.85 bits per heavy atom. The maximum Gasteiger partial charge on any atom is 0.408 e. The van der Waals surface area contributed by atoms with Crippen molar-refractivity contribution in [2.45, 2.75) is 65.3 Å². The van der Waals surface area contributed by atoms with E-state index in [1.165, 1.54) is 0 Å². The quantitative estimate of drug-likeness (QED) is 0.767. The number of carbonyl (C=O) groups excluding carboxylic acids is 2. The number of likely N-dealkylation sites (tertiary alicyclic amines) is 1. The third-order valence-corrected chi connectivity index (χ3v) is 5.08. The van der Waals surface area contributed by atoms with Crippen molar-refractivity contribution < 1.29 is 19.4 Å². The molecule has 0 bridgehead atoms. The molecule has 1 heterocycles. The molecule has 2 rings (SSSR count). The number of rotatable bonds is 7. The number of hydrogen-bond donors (Lipinski definition) is 2. The lowest BCUT2D eigenvalue weighted by molar-refractivity contribution is -0.138. The second kappa shape index (κ2) is 9.74. The molecule has 1 aromatic rings. The minimum absolute atomic E-state index is 0.0738. The molecule has 0 radical (unpaired) electrons. The van der Waals surface area contributed by atoms with Gasteiger partial charge in [-0.25, -0.2) is 4.79 Å². The van der Waals surface area contributed by atoms with Crippen molar-refractivity contribution in [3.05, 3.63) is 35.9 Å². The maximum absolute atomic E-state index is 13.1. The van der Waals surface area contributed by atoms with Gasteiger partial charge in [0.25, 0.3) is 0 Å². The van der Waals surface area contributed by atoms with Crippen molar-refractivity contribution in [3.8, 4) is 0 Å². The highest BCUT2D eigenvalue weighted by Gasteiger charge is 2.39. The largest absolute Gasteiger partial charge is 0.445 e. The van der Waals surface area contributed by atoms with Gasteiger partial charge in [-0.1, -0.05) is 58.0 Å². The molecule has 3 atom stereocenters. The Labute approximate surface area is 161 Å². The number of nitrogens with zero attached hydrogens (tertiary/aromatic N) is 1. The molecule has 1 aliphatic rings. The van der Waals surface area contributed by atoms with Crippen LogP contribution in [0.5, 0.6) is 0 Å². The second-order valence-electron chi connectivity index (χ2n) is 7.90. The molecule has 6 nitrogen and oxygen atoms in total. The van der Waals surface area contributed by atoms with Crippen LogP contribution in [0.2, 0.25) is 0 Å². The highest BCUT2D eigenvalue weighted by Crippen LogP contribution is 2.25. The Bertz CT molecular complexity index is 618. The number of amides is 2. The molecule has 0 aliphatic carbocycles. The number of aliphatic hydroxyl groups excluding tert-OH is 1. The molecule has 2 amide bonds. The fourth-order valence-electron chi connectivity index (χ4n) is 3.45. The second-order valence-corrected chi connectivity index (χ2v) is 7.90. The molecule has 1 aromatic carbocycles. The topological polar surface area (TPSA) is 78.9 Å². The number of aliphatic hydroxyl groups is 1. The molecular formula is C21H32N2O4. The number of ether oxygens (including phenoxy) is 1. The Kier molecular flexibility index (Phi) is 7.66. The number of benzene rings is 1. The summed E-state index contributed by atoms with van der Waals surface area (Å²) >= 11 is 0. The number of nitrogens with one attached hydrogen (secondary N) is 1. The Morgan fingerprint density at radius 1 is 1.19 bits per heavy atom. The first-order valence-corrected chi connectivity index (χ1v) is 9.77. The van der Waals surface area contributed by atoms with Crippen LogP contribution in [0, 0.1) is 11.8 Å². The van der Waals surface area contributed by atoms with E-state index in [9.17, 15) is 14.7 Å². The molecule has 1 aliphatic heterocycles. The first kappa shape index (κ1) is 21.2. The zero-order valence-corrected chi connectivity index (χ0v) is 16.7. The summed E-state index contributed by atoms with van der Waals surface area (Å²) in [5.74, 6) is -0.159. The van der Waals surface area contributed by atoms with E-state index in [0.717, 1.165) is 18.4 Å². The van der Waals surface area contributed by atoms with Gasteiger partial charge in [0.2, 0.25) is 5.91 Å². The van der Waals surface area contributed by atoms with Crippen LogP contribution in [-0.2, 0) is 16.1 Å². The predicted molar refractivity (Wildman–Crippen MR) is 104 cm³/mol. The monoisotopic (exact) mass is 376 g/mol. The fraction of sp³-hybridized carbons (Fsp3) is 0.619. The normalized spacial score (nSPS) is 19.2. The van der Waals surface area contributed by atoms with Crippen LogP contribution in [0.25, 0.3) is 0 Å². The van der Waals surface area contributed by atoms with Crippen LogP contribution >= 0.6 is 0 Å². The summed E-state index contributed by atoms with van der Waals surface area (Å²) in [4.78, 5) is 27.0. The summed E-state index contributed by atoms with van der Waals surface area (Å²) in [6.07, 6.45) is 0.484. The third kappa shape index (κ3) is 5.70. The van der Waals surface area contributed by atoms with Crippen molar-refractivity contribution in [3.63, 3.8) is 0 Å². The molecule has 27 heavy (non-hydrogen) atoms. The highest BCUT2D eigenvalue weighted by atomic mass is 16.5. The van der Waals surface area contributed by atoms with E-state index >= 15 is 0 Å². The third-order valence-electron chi connectivity index (χ3n) is 5.08. The van der Waals surface area contributed by atoms with E-state index in [2.05, 4.69) is 5.32 Å². The molecule has 0 aromatic heterocycles. The minimum Gasteiger partial charge on any atom is -0.445 e. The van der Waals surface area contributed by atoms with Crippen LogP contribution < -0.4 is 5.32 Å². The van der Waals surface area contributed by atoms with Crippen LogP contribution in [0.4, 0.5) is 4.79 Å². The average Bonchev–Trinajstić information content (AvgIpc) is 3.13. The maximum atomic E-state index is 13.1. The summed E-state index contributed by atoms with van der Waals surface area (Å²) in [5.41, 5.74) is 0.889. The van der Waals surface area contributed by atoms with Gasteiger partial charge in [-0.3, -0.25) is 4.79 Å². The first-order chi connectivity index (χ1) is 12.8. The minimum atomic E-state index is -0.673. The molecular weight excluding hydrogens is 344 g/mol. The van der Waals surface area contributed by atoms with Gasteiger partial charge in [0, 0.05) is 6.54 Å². The number of hydrogen-bond acceptors (Lipinski definition) is 4. The number of alkyl carbamates (subject to hydrolysis) is 1. The van der Waals surface area contributed by atoms with Crippen molar-refractivity contribution in [1.82, 2.24) is 10.2 Å². The lowest BCUT2D eigenvalue weighted by Crippen LogP contribution is -2.55. The van der Waals surface area contributed by atoms with Crippen molar-refractivity contribution in [1.29, 1.82) is 0 Å². The molecule has 0 spiro atoms. The van der Waals surface area contributed by atoms with Crippen molar-refractivity contribution in [2.75, 3.05) is 6.54 Å². The SMILES string of the molecule is CC(C)[C@@H](O)C1CCCN1C(=O)[C@H](NC(=O)OCc1ccccc1)C(C)C. The summed E-state index contributed by atoms with van der Waals surface area (Å²) in [6.45, 7) is 8.45. The Balaban J connectivity index is 1.98. The standard InChI is InChI=1S/C21H32N2O4/c1-14(2)18(22-21(26)27-13-16-9-6-5-7-10-16)20(25)23-12-8-11-17(23)19(24)15(3)4/h5-7,9-10,14-15,17-19,24H,8,11-13H2,1-4H3,(H,22,26)/t17?,18-,19-/m1/s1. The first-order valence-electron chi connectivity index (χ1n) is 9.77. The van der Waals surface area contributed by atoms with Gasteiger partial charge < -0.3 is 20.1 Å². The molecule has 1 unspecified atom stereocenters. The Morgan fingerprint density at radius 3 is 2.44 bits per heavy atom. The summed E-state index contributed by atoms with van der Waals surface area (Å²) < 4.78 is 5.26. The highest BCUT2D eigenvalue weighted by molar-refractivity contribution is 5.86. The lowest BCUT2D eigenvalue weighted by atomic mass is 9.96. The Hall–Kier alpha value is -2.08. The molecule has 6 heteroatoms. The van der Waals surface area contributed by atoms with Crippen molar-refractivity contribution >= 4 is 12.0 Å². The molecule has 2 N–H and O–H groups in total. The van der Waals surface area contributed by atoms with Crippen molar-refractivity contribution in [2.24, 2.45) is 11.8 Å². The van der Waals surface area contributed by atoms with Crippen LogP contribution in [0.15, 0.2) is 30.3 Å². The van der Waals surface area contributed by atoms with Gasteiger partial charge in [-0.2, -0.15) is 0 Å². The summed E-state index contributed by atoms with van der Waals surface area (Å²) in [7, 11) is 0. The van der Waals surface area contributed by atoms with E-state index in [1.54, 1.807) is 4.90 Å². The predicted octanol–water partition coefficient (Wildman–Crippen LogP) is 2.95. The van der Waals surface area contributed by atoms with E-state index in [1.807, 2.05) is 58.0 Å². The van der Waals surface area contributed by atoms with E-state index in [4.69, 9.17) is 4.74 Å². The van der Waals surface area contributed by atoms with Gasteiger partial charge in [0.1, 0.15) is 12.6 Å². The van der Waals surface area contributed by atoms with E-state index in [-0.39, 0.29) is 30.4 Å². The van der Waals surface area contributed by atoms with E-state index < -0.39 is 18.2 Å². The molecule has 1 saturated heterocycles. The smallest absolute Gasteiger partial charge is 0.408 e. The molecule has 0 saturated carbocycles. The van der Waals surface area contributed by atoms with E-state index in [0.29, 0.717) is 6.54 Å². The average molecular weight is 376 g/mol. The van der Waals surface area contributed by atoms with Gasteiger partial charge in [-0.15, -0.1) is 0 Å². The number of carbonyl (C=O) groups is 2. The van der Waals surface area contributed by atoms with Crippen LogP contribution in [-0.4, -0.2) is 46.7 Å². The lowest BCUT2D eigenvalue weighted by Gasteiger charge is -2.34. The van der Waals surface area contributed by atoms with Gasteiger partial charge >= 0.3 is 6.09 Å². The molecule has 150 valence electrons. The zero-order chi connectivity index (χ0) is 20.0. The van der Waals surface area contributed by atoms with Gasteiger partial charge in [-0.05, 0) is 30.2 Å². The zero-order valence-electron chi connectivity index (χ0n) is 16.7. The fourth-order valence-corrected chi connectivity index (χ4v) is 3.45. The van der Waals surface area contributed by atoms with Gasteiger partial charge in [0.15, 0.2) is 0 Å². The van der Waals surface area contributed by atoms with Crippen LogP contribution in [0.3, 0.4) is 0 Å². The van der Waals surface area contributed by atoms with Crippen LogP contribution in [0.1, 0.15) is 46.1 Å².